The first-order valence-electron chi connectivity index (χ1n) is 2.60. The second-order valence-corrected chi connectivity index (χ2v) is 1.74. The number of aliphatic hydroxyl groups excluding tert-OH is 1. The molecule has 0 aromatic carbocycles. The first-order chi connectivity index (χ1) is 4.18. The maximum absolute atomic E-state index is 10.0. The summed E-state index contributed by atoms with van der Waals surface area (Å²) in [6.45, 7) is 1.15. The average molecular weight is 134 g/mol. The van der Waals surface area contributed by atoms with Crippen LogP contribution in [0.25, 0.3) is 0 Å². The summed E-state index contributed by atoms with van der Waals surface area (Å²) in [6.07, 6.45) is 0. The average Bonchev–Trinajstić information content (AvgIpc) is 1.82. The molecule has 0 spiro atoms. The van der Waals surface area contributed by atoms with Gasteiger partial charge in [-0.2, -0.15) is 0 Å². The van der Waals surface area contributed by atoms with E-state index in [1.807, 2.05) is 0 Å². The number of hydrogen-bond acceptors (Lipinski definition) is 3. The molecule has 0 fully saturated rings. The van der Waals surface area contributed by atoms with E-state index in [0.717, 1.165) is 0 Å². The van der Waals surface area contributed by atoms with Gasteiger partial charge >= 0.3 is 5.97 Å². The van der Waals surface area contributed by atoms with E-state index in [2.05, 4.69) is 4.74 Å². The Kier molecular flexibility index (Phi) is 4.00. The number of ether oxygens (including phenoxy) is 1. The molecule has 0 aliphatic carbocycles. The zero-order chi connectivity index (χ0) is 7.28. The molecule has 2 N–H and O–H groups in total. The molecule has 0 aliphatic rings. The van der Waals surface area contributed by atoms with E-state index >= 15 is 0 Å². The molecular weight excluding hydrogens is 124 g/mol. The third-order valence-corrected chi connectivity index (χ3v) is 0.881. The number of carboxylic acid groups (broad SMARTS) is 1. The maximum Gasteiger partial charge on any atom is 0.308 e. The Morgan fingerprint density at radius 2 is 2.33 bits per heavy atom. The Balaban J connectivity index is 3.27. The van der Waals surface area contributed by atoms with Crippen LogP contribution in [0.5, 0.6) is 0 Å². The van der Waals surface area contributed by atoms with Crippen LogP contribution in [0.15, 0.2) is 0 Å². The Bertz CT molecular complexity index is 91.0. The van der Waals surface area contributed by atoms with Gasteiger partial charge in [-0.1, -0.05) is 0 Å². The Morgan fingerprint density at radius 1 is 1.78 bits per heavy atom. The third kappa shape index (κ3) is 3.93. The van der Waals surface area contributed by atoms with Gasteiger partial charge in [-0.05, 0) is 6.92 Å². The number of carboxylic acids is 1. The quantitative estimate of drug-likeness (QED) is 0.517. The lowest BCUT2D eigenvalue weighted by Gasteiger charge is -2.03. The van der Waals surface area contributed by atoms with Crippen LogP contribution >= 0.6 is 0 Å². The van der Waals surface area contributed by atoms with E-state index in [4.69, 9.17) is 10.2 Å². The van der Waals surface area contributed by atoms with Crippen molar-refractivity contribution in [3.63, 3.8) is 0 Å². The number of hydrogen-bond donors (Lipinski definition) is 2. The topological polar surface area (TPSA) is 66.8 Å². The lowest BCUT2D eigenvalue weighted by Crippen LogP contribution is -2.16. The molecule has 0 radical (unpaired) electrons. The summed E-state index contributed by atoms with van der Waals surface area (Å²) in [6, 6.07) is 0. The fourth-order valence-corrected chi connectivity index (χ4v) is 0.301. The number of aliphatic carboxylic acids is 1. The summed E-state index contributed by atoms with van der Waals surface area (Å²) in [5, 5.41) is 16.3. The zero-order valence-electron chi connectivity index (χ0n) is 5.20. The highest BCUT2D eigenvalue weighted by atomic mass is 16.6. The summed E-state index contributed by atoms with van der Waals surface area (Å²) < 4.78 is 4.43. The molecule has 0 aromatic rings. The number of aliphatic hydroxyl groups is 1. The van der Waals surface area contributed by atoms with E-state index in [1.165, 1.54) is 6.92 Å². The van der Waals surface area contributed by atoms with E-state index in [9.17, 15) is 4.79 Å². The molecule has 0 rings (SSSR count). The van der Waals surface area contributed by atoms with Gasteiger partial charge in [-0.25, -0.2) is 0 Å². The smallest absolute Gasteiger partial charge is 0.308 e. The predicted molar refractivity (Wildman–Crippen MR) is 29.8 cm³/mol. The fraction of sp³-hybridized carbons (Fsp3) is 0.800. The maximum atomic E-state index is 10.0. The van der Waals surface area contributed by atoms with Crippen molar-refractivity contribution in [2.75, 3.05) is 13.4 Å². The largest absolute Gasteiger partial charge is 0.481 e. The van der Waals surface area contributed by atoms with Gasteiger partial charge in [0.1, 0.15) is 6.79 Å². The zero-order valence-corrected chi connectivity index (χ0v) is 5.20. The molecule has 54 valence electrons. The standard InChI is InChI=1S/C5H10O4/c1-4(5(7)8)2-9-3-6/h4,6H,2-3H2,1H3,(H,7,8). The Labute approximate surface area is 53.1 Å². The van der Waals surface area contributed by atoms with Crippen molar-refractivity contribution in [2.45, 2.75) is 6.92 Å². The summed E-state index contributed by atoms with van der Waals surface area (Å²) in [5.74, 6) is -1.46. The van der Waals surface area contributed by atoms with Crippen LogP contribution in [0.4, 0.5) is 0 Å². The van der Waals surface area contributed by atoms with Crippen molar-refractivity contribution in [2.24, 2.45) is 5.92 Å². The van der Waals surface area contributed by atoms with Crippen molar-refractivity contribution in [1.29, 1.82) is 0 Å². The molecule has 4 nitrogen and oxygen atoms in total. The van der Waals surface area contributed by atoms with Crippen molar-refractivity contribution in [1.82, 2.24) is 0 Å². The second kappa shape index (κ2) is 4.29. The van der Waals surface area contributed by atoms with Crippen LogP contribution in [0.2, 0.25) is 0 Å². The molecule has 0 saturated carbocycles. The van der Waals surface area contributed by atoms with Crippen LogP contribution in [0.3, 0.4) is 0 Å². The Hall–Kier alpha value is -0.610. The molecule has 0 bridgehead atoms. The van der Waals surface area contributed by atoms with Crippen LogP contribution in [0, 0.1) is 5.92 Å². The highest BCUT2D eigenvalue weighted by Crippen LogP contribution is 1.93. The van der Waals surface area contributed by atoms with E-state index in [1.54, 1.807) is 0 Å². The molecule has 0 aromatic heterocycles. The van der Waals surface area contributed by atoms with Gasteiger partial charge in [0.25, 0.3) is 0 Å². The van der Waals surface area contributed by atoms with Gasteiger partial charge < -0.3 is 14.9 Å². The molecule has 0 saturated heterocycles. The lowest BCUT2D eigenvalue weighted by atomic mass is 10.2. The predicted octanol–water partition coefficient (Wildman–Crippen LogP) is -0.326. The molecule has 0 aliphatic heterocycles. The van der Waals surface area contributed by atoms with Crippen molar-refractivity contribution in [3.05, 3.63) is 0 Å². The number of carbonyl (C=O) groups is 1. The van der Waals surface area contributed by atoms with Crippen LogP contribution in [-0.4, -0.2) is 29.6 Å². The third-order valence-electron chi connectivity index (χ3n) is 0.881. The molecule has 9 heavy (non-hydrogen) atoms. The van der Waals surface area contributed by atoms with Crippen molar-refractivity contribution < 1.29 is 19.7 Å². The first-order valence-corrected chi connectivity index (χ1v) is 2.60. The van der Waals surface area contributed by atoms with Crippen molar-refractivity contribution >= 4 is 5.97 Å². The first kappa shape index (κ1) is 8.39. The van der Waals surface area contributed by atoms with E-state index in [0.29, 0.717) is 0 Å². The van der Waals surface area contributed by atoms with Crippen molar-refractivity contribution in [3.8, 4) is 0 Å². The summed E-state index contributed by atoms with van der Waals surface area (Å²) in [5.41, 5.74) is 0. The van der Waals surface area contributed by atoms with Gasteiger partial charge in [-0.15, -0.1) is 0 Å². The SMILES string of the molecule is CC(COCO)C(=O)O. The monoisotopic (exact) mass is 134 g/mol. The second-order valence-electron chi connectivity index (χ2n) is 1.74. The summed E-state index contributed by atoms with van der Waals surface area (Å²) >= 11 is 0. The highest BCUT2D eigenvalue weighted by Gasteiger charge is 2.09. The lowest BCUT2D eigenvalue weighted by molar-refractivity contribution is -0.144. The van der Waals surface area contributed by atoms with Crippen LogP contribution in [-0.2, 0) is 9.53 Å². The molecule has 0 heterocycles. The summed E-state index contributed by atoms with van der Waals surface area (Å²) in [7, 11) is 0. The van der Waals surface area contributed by atoms with Gasteiger partial charge in [0.05, 0.1) is 12.5 Å². The van der Waals surface area contributed by atoms with Gasteiger partial charge in [0.2, 0.25) is 0 Å². The minimum atomic E-state index is -0.913. The minimum Gasteiger partial charge on any atom is -0.481 e. The molecular formula is C5H10O4. The minimum absolute atomic E-state index is 0.0613. The van der Waals surface area contributed by atoms with Gasteiger partial charge in [-0.3, -0.25) is 4.79 Å². The molecule has 0 amide bonds. The Morgan fingerprint density at radius 3 is 2.67 bits per heavy atom. The van der Waals surface area contributed by atoms with Gasteiger partial charge in [0, 0.05) is 0 Å². The van der Waals surface area contributed by atoms with Crippen LogP contribution in [0.1, 0.15) is 6.92 Å². The molecule has 1 atom stereocenters. The fourth-order valence-electron chi connectivity index (χ4n) is 0.301. The van der Waals surface area contributed by atoms with Gasteiger partial charge in [0.15, 0.2) is 0 Å². The van der Waals surface area contributed by atoms with E-state index < -0.39 is 18.7 Å². The number of rotatable bonds is 4. The molecule has 1 unspecified atom stereocenters. The molecule has 4 heteroatoms. The van der Waals surface area contributed by atoms with E-state index in [-0.39, 0.29) is 6.61 Å². The highest BCUT2D eigenvalue weighted by molar-refractivity contribution is 5.69. The normalized spacial score (nSPS) is 13.1. The summed E-state index contributed by atoms with van der Waals surface area (Å²) in [4.78, 5) is 10.0. The van der Waals surface area contributed by atoms with Crippen LogP contribution < -0.4 is 0 Å².